The van der Waals surface area contributed by atoms with Gasteiger partial charge in [-0.3, -0.25) is 25.2 Å². The molecular formula is C28H23ClF3N5O3. The molecular weight excluding hydrogens is 547 g/mol. The third-order valence-electron chi connectivity index (χ3n) is 6.79. The van der Waals surface area contributed by atoms with E-state index in [1.54, 1.807) is 11.1 Å². The molecule has 2 aliphatic rings. The fourth-order valence-electron chi connectivity index (χ4n) is 4.97. The van der Waals surface area contributed by atoms with Crippen molar-refractivity contribution >= 4 is 39.8 Å². The van der Waals surface area contributed by atoms with Gasteiger partial charge in [0.15, 0.2) is 0 Å². The summed E-state index contributed by atoms with van der Waals surface area (Å²) in [6, 6.07) is 12.4. The first-order valence-electron chi connectivity index (χ1n) is 12.6. The number of rotatable bonds is 4. The summed E-state index contributed by atoms with van der Waals surface area (Å²) in [5.74, 6) is 0.280. The Hall–Kier alpha value is -4.09. The lowest BCUT2D eigenvalue weighted by atomic mass is 10.0. The predicted octanol–water partition coefficient (Wildman–Crippen LogP) is 5.35. The summed E-state index contributed by atoms with van der Waals surface area (Å²) in [6.45, 7) is 2.81. The van der Waals surface area contributed by atoms with E-state index < -0.39 is 11.7 Å². The lowest BCUT2D eigenvalue weighted by Gasteiger charge is -2.33. The number of para-hydroxylation sites is 2. The van der Waals surface area contributed by atoms with E-state index in [0.717, 1.165) is 17.8 Å². The second kappa shape index (κ2) is 10.5. The summed E-state index contributed by atoms with van der Waals surface area (Å²) < 4.78 is 51.9. The normalized spacial score (nSPS) is 15.5. The van der Waals surface area contributed by atoms with Crippen LogP contribution in [-0.2, 0) is 10.9 Å². The van der Waals surface area contributed by atoms with Crippen molar-refractivity contribution in [2.45, 2.75) is 6.18 Å². The van der Waals surface area contributed by atoms with E-state index in [1.807, 2.05) is 29.2 Å². The molecule has 40 heavy (non-hydrogen) atoms. The monoisotopic (exact) mass is 569 g/mol. The maximum Gasteiger partial charge on any atom is 0.416 e. The number of aromatic nitrogens is 2. The highest BCUT2D eigenvalue weighted by atomic mass is 35.5. The summed E-state index contributed by atoms with van der Waals surface area (Å²) in [5.41, 5.74) is 4.50. The molecule has 12 heteroatoms. The number of carbonyl (C=O) groups excluding carboxylic acids is 1. The number of nitrogens with zero attached hydrogens (tertiary/aromatic N) is 4. The first-order valence-corrected chi connectivity index (χ1v) is 13.0. The molecule has 1 N–H and O–H groups in total. The Morgan fingerprint density at radius 2 is 1.80 bits per heavy atom. The van der Waals surface area contributed by atoms with Crippen molar-refractivity contribution in [1.29, 1.82) is 0 Å². The van der Waals surface area contributed by atoms with Gasteiger partial charge in [0.2, 0.25) is 0 Å². The summed E-state index contributed by atoms with van der Waals surface area (Å²) in [4.78, 5) is 24.7. The molecule has 6 rings (SSSR count). The molecule has 0 saturated carbocycles. The van der Waals surface area contributed by atoms with Crippen LogP contribution >= 0.6 is 11.6 Å². The number of pyridine rings is 2. The molecule has 0 atom stereocenters. The van der Waals surface area contributed by atoms with E-state index >= 15 is 0 Å². The van der Waals surface area contributed by atoms with Crippen LogP contribution in [0.4, 0.5) is 24.5 Å². The smallest absolute Gasteiger partial charge is 0.416 e. The minimum atomic E-state index is -4.58. The summed E-state index contributed by atoms with van der Waals surface area (Å²) in [5, 5.41) is 2.24. The van der Waals surface area contributed by atoms with Gasteiger partial charge in [-0.1, -0.05) is 23.7 Å². The number of hydrogen-bond donors (Lipinski definition) is 1. The van der Waals surface area contributed by atoms with Gasteiger partial charge in [0.05, 0.1) is 53.5 Å². The number of morpholine rings is 1. The summed E-state index contributed by atoms with van der Waals surface area (Å²) in [7, 11) is 0. The Balaban J connectivity index is 1.46. The third kappa shape index (κ3) is 4.98. The quantitative estimate of drug-likeness (QED) is 0.355. The number of alkyl halides is 3. The van der Waals surface area contributed by atoms with Crippen molar-refractivity contribution < 1.29 is 27.4 Å². The molecule has 0 unspecified atom stereocenters. The van der Waals surface area contributed by atoms with Crippen LogP contribution in [0, 0.1) is 0 Å². The maximum atomic E-state index is 13.7. The molecule has 0 aliphatic carbocycles. The first kappa shape index (κ1) is 26.1. The van der Waals surface area contributed by atoms with Crippen LogP contribution in [0.2, 0.25) is 5.02 Å². The number of anilines is 2. The molecule has 2 aliphatic heterocycles. The molecule has 1 fully saturated rings. The number of halogens is 4. The van der Waals surface area contributed by atoms with Gasteiger partial charge in [0.1, 0.15) is 12.4 Å². The van der Waals surface area contributed by atoms with Gasteiger partial charge in [-0.15, -0.1) is 0 Å². The number of amides is 1. The van der Waals surface area contributed by atoms with Gasteiger partial charge in [-0.05, 0) is 36.4 Å². The van der Waals surface area contributed by atoms with Gasteiger partial charge in [0.25, 0.3) is 5.91 Å². The number of hydrogen-bond acceptors (Lipinski definition) is 7. The van der Waals surface area contributed by atoms with E-state index in [2.05, 4.69) is 15.4 Å². The highest BCUT2D eigenvalue weighted by Crippen LogP contribution is 2.38. The van der Waals surface area contributed by atoms with Gasteiger partial charge in [0, 0.05) is 41.5 Å². The van der Waals surface area contributed by atoms with E-state index in [-0.39, 0.29) is 22.2 Å². The Labute approximate surface area is 232 Å². The lowest BCUT2D eigenvalue weighted by Crippen LogP contribution is -2.47. The fourth-order valence-corrected chi connectivity index (χ4v) is 5.21. The minimum absolute atomic E-state index is 0.0705. The van der Waals surface area contributed by atoms with E-state index in [9.17, 15) is 18.0 Å². The Morgan fingerprint density at radius 3 is 2.60 bits per heavy atom. The molecule has 1 amide bonds. The minimum Gasteiger partial charge on any atom is -0.489 e. The van der Waals surface area contributed by atoms with Crippen LogP contribution in [0.25, 0.3) is 22.2 Å². The fraction of sp³-hybridized carbons (Fsp3) is 0.250. The molecule has 0 radical (unpaired) electrons. The standard InChI is InChI=1S/C28H23ClF3N5O3/c29-19-14-17(13-18(15-19)28(30,31)32)24-25-20(5-6-33-24)26(36-7-10-39-11-8-36)21(16-34-25)27(38)35-37-9-12-40-23-4-2-1-3-22(23)37/h1-6,13-16H,7-12H2,(H,35,38). The largest absolute Gasteiger partial charge is 0.489 e. The molecule has 4 aromatic rings. The molecule has 2 aromatic carbocycles. The zero-order chi connectivity index (χ0) is 27.9. The molecule has 8 nitrogen and oxygen atoms in total. The summed E-state index contributed by atoms with van der Waals surface area (Å²) in [6.07, 6.45) is -1.65. The van der Waals surface area contributed by atoms with Crippen LogP contribution < -0.4 is 20.1 Å². The molecule has 0 bridgehead atoms. The van der Waals surface area contributed by atoms with Crippen LogP contribution in [0.1, 0.15) is 15.9 Å². The topological polar surface area (TPSA) is 79.8 Å². The number of ether oxygens (including phenoxy) is 2. The van der Waals surface area contributed by atoms with Crippen LogP contribution in [0.5, 0.6) is 5.75 Å². The van der Waals surface area contributed by atoms with Gasteiger partial charge in [-0.25, -0.2) is 0 Å². The zero-order valence-corrected chi connectivity index (χ0v) is 21.8. The van der Waals surface area contributed by atoms with E-state index in [1.165, 1.54) is 18.5 Å². The van der Waals surface area contributed by atoms with Gasteiger partial charge < -0.3 is 14.4 Å². The maximum absolute atomic E-state index is 13.7. The lowest BCUT2D eigenvalue weighted by molar-refractivity contribution is -0.137. The van der Waals surface area contributed by atoms with Crippen molar-refractivity contribution in [3.63, 3.8) is 0 Å². The average Bonchev–Trinajstić information content (AvgIpc) is 2.96. The van der Waals surface area contributed by atoms with Gasteiger partial charge in [-0.2, -0.15) is 13.2 Å². The third-order valence-corrected chi connectivity index (χ3v) is 7.01. The number of nitrogens with one attached hydrogen (secondary N) is 1. The molecule has 206 valence electrons. The van der Waals surface area contributed by atoms with Crippen molar-refractivity contribution in [2.75, 3.05) is 49.4 Å². The Bertz CT molecular complexity index is 1590. The molecule has 0 spiro atoms. The number of carbonyl (C=O) groups is 1. The zero-order valence-electron chi connectivity index (χ0n) is 21.0. The van der Waals surface area contributed by atoms with Crippen LogP contribution in [0.3, 0.4) is 0 Å². The molecule has 1 saturated heterocycles. The van der Waals surface area contributed by atoms with Crippen molar-refractivity contribution in [3.05, 3.63) is 77.1 Å². The Morgan fingerprint density at radius 1 is 1.00 bits per heavy atom. The SMILES string of the molecule is O=C(NN1CCOc2ccccc21)c1cnc2c(-c3cc(Cl)cc(C(F)(F)F)c3)nccc2c1N1CCOCC1. The van der Waals surface area contributed by atoms with Crippen molar-refractivity contribution in [1.82, 2.24) is 15.4 Å². The van der Waals surface area contributed by atoms with Crippen LogP contribution in [-0.4, -0.2) is 55.3 Å². The number of hydrazine groups is 1. The number of benzene rings is 2. The number of fused-ring (bicyclic) bond motifs is 2. The second-order valence-corrected chi connectivity index (χ2v) is 9.75. The molecule has 4 heterocycles. The highest BCUT2D eigenvalue weighted by Gasteiger charge is 2.32. The molecule has 2 aromatic heterocycles. The first-order chi connectivity index (χ1) is 19.3. The predicted molar refractivity (Wildman–Crippen MR) is 145 cm³/mol. The highest BCUT2D eigenvalue weighted by molar-refractivity contribution is 6.31. The van der Waals surface area contributed by atoms with Crippen molar-refractivity contribution in [3.8, 4) is 17.0 Å². The average molecular weight is 570 g/mol. The van der Waals surface area contributed by atoms with E-state index in [0.29, 0.717) is 67.4 Å². The second-order valence-electron chi connectivity index (χ2n) is 9.31. The Kier molecular flexibility index (Phi) is 6.85. The van der Waals surface area contributed by atoms with Crippen LogP contribution in [0.15, 0.2) is 60.9 Å². The van der Waals surface area contributed by atoms with E-state index in [4.69, 9.17) is 21.1 Å². The summed E-state index contributed by atoms with van der Waals surface area (Å²) >= 11 is 6.07. The van der Waals surface area contributed by atoms with Gasteiger partial charge >= 0.3 is 6.18 Å². The van der Waals surface area contributed by atoms with Crippen molar-refractivity contribution in [2.24, 2.45) is 0 Å².